The van der Waals surface area contributed by atoms with Gasteiger partial charge in [0, 0.05) is 30.1 Å². The number of hydrogen-bond donors (Lipinski definition) is 1. The number of para-hydroxylation sites is 2. The zero-order valence-electron chi connectivity index (χ0n) is 20.7. The van der Waals surface area contributed by atoms with Gasteiger partial charge in [-0.1, -0.05) is 88.1 Å². The average Bonchev–Trinajstić information content (AvgIpc) is 3.20. The number of imidazole rings is 1. The highest BCUT2D eigenvalue weighted by Gasteiger charge is 2.10. The van der Waals surface area contributed by atoms with Gasteiger partial charge in [0.05, 0.1) is 11.0 Å². The fourth-order valence-corrected chi connectivity index (χ4v) is 4.68. The SMILES string of the molecule is CCCCCCCCCCn1c(CCCCCNC(=O)c2cccc(Cl)c2)nc2ccccc21. The van der Waals surface area contributed by atoms with E-state index >= 15 is 0 Å². The summed E-state index contributed by atoms with van der Waals surface area (Å²) in [4.78, 5) is 17.2. The highest BCUT2D eigenvalue weighted by Crippen LogP contribution is 2.19. The molecular weight excluding hydrogens is 442 g/mol. The summed E-state index contributed by atoms with van der Waals surface area (Å²) >= 11 is 5.97. The summed E-state index contributed by atoms with van der Waals surface area (Å²) in [6, 6.07) is 15.6. The quantitative estimate of drug-likeness (QED) is 0.211. The Bertz CT molecular complexity index is 1010. The van der Waals surface area contributed by atoms with Gasteiger partial charge in [-0.25, -0.2) is 4.98 Å². The molecule has 0 radical (unpaired) electrons. The number of amides is 1. The van der Waals surface area contributed by atoms with E-state index in [-0.39, 0.29) is 5.91 Å². The van der Waals surface area contributed by atoms with Crippen molar-refractivity contribution in [2.24, 2.45) is 0 Å². The number of fused-ring (bicyclic) bond motifs is 1. The van der Waals surface area contributed by atoms with E-state index in [1.165, 1.54) is 62.7 Å². The maximum atomic E-state index is 12.2. The maximum Gasteiger partial charge on any atom is 0.251 e. The largest absolute Gasteiger partial charge is 0.352 e. The van der Waals surface area contributed by atoms with Crippen molar-refractivity contribution in [2.75, 3.05) is 6.54 Å². The van der Waals surface area contributed by atoms with Crippen LogP contribution in [-0.2, 0) is 13.0 Å². The summed E-state index contributed by atoms with van der Waals surface area (Å²) < 4.78 is 2.44. The van der Waals surface area contributed by atoms with Crippen molar-refractivity contribution in [3.05, 3.63) is 64.9 Å². The van der Waals surface area contributed by atoms with E-state index in [1.807, 2.05) is 0 Å². The standard InChI is InChI=1S/C29H40ClN3O/c1-2-3-4-5-6-7-8-14-22-33-27-19-12-11-18-26(27)32-28(33)20-10-9-13-21-31-29(34)24-16-15-17-25(30)23-24/h11-12,15-19,23H,2-10,13-14,20-22H2,1H3,(H,31,34). The maximum absolute atomic E-state index is 12.2. The van der Waals surface area contributed by atoms with Crippen LogP contribution in [0.3, 0.4) is 0 Å². The molecule has 1 aromatic heterocycles. The van der Waals surface area contributed by atoms with E-state index in [1.54, 1.807) is 24.3 Å². The second-order valence-electron chi connectivity index (χ2n) is 9.22. The van der Waals surface area contributed by atoms with Crippen LogP contribution in [0.4, 0.5) is 0 Å². The van der Waals surface area contributed by atoms with Crippen molar-refractivity contribution in [1.29, 1.82) is 0 Å². The molecule has 0 atom stereocenters. The number of carbonyl (C=O) groups excluding carboxylic acids is 1. The zero-order valence-corrected chi connectivity index (χ0v) is 21.5. The number of nitrogens with zero attached hydrogens (tertiary/aromatic N) is 2. The van der Waals surface area contributed by atoms with Crippen molar-refractivity contribution >= 4 is 28.5 Å². The van der Waals surface area contributed by atoms with Crippen molar-refractivity contribution in [3.63, 3.8) is 0 Å². The van der Waals surface area contributed by atoms with Gasteiger partial charge in [-0.3, -0.25) is 4.79 Å². The molecule has 0 saturated carbocycles. The molecule has 4 nitrogen and oxygen atoms in total. The summed E-state index contributed by atoms with van der Waals surface area (Å²) in [5, 5.41) is 3.58. The normalized spacial score (nSPS) is 11.2. The zero-order chi connectivity index (χ0) is 24.0. The van der Waals surface area contributed by atoms with Gasteiger partial charge in [0.15, 0.2) is 0 Å². The Hall–Kier alpha value is -2.33. The third kappa shape index (κ3) is 8.47. The number of aromatic nitrogens is 2. The molecule has 0 fully saturated rings. The van der Waals surface area contributed by atoms with E-state index in [9.17, 15) is 4.79 Å². The lowest BCUT2D eigenvalue weighted by Crippen LogP contribution is -2.24. The Morgan fingerprint density at radius 1 is 0.882 bits per heavy atom. The Morgan fingerprint density at radius 2 is 1.62 bits per heavy atom. The van der Waals surface area contributed by atoms with Gasteiger partial charge in [0.25, 0.3) is 5.91 Å². The molecule has 5 heteroatoms. The van der Waals surface area contributed by atoms with Crippen LogP contribution in [0.25, 0.3) is 11.0 Å². The van der Waals surface area contributed by atoms with Crippen molar-refractivity contribution in [2.45, 2.75) is 90.5 Å². The summed E-state index contributed by atoms with van der Waals surface area (Å²) in [7, 11) is 0. The number of unbranched alkanes of at least 4 members (excludes halogenated alkanes) is 9. The van der Waals surface area contributed by atoms with Gasteiger partial charge in [0.1, 0.15) is 5.82 Å². The number of benzene rings is 2. The molecule has 34 heavy (non-hydrogen) atoms. The second kappa shape index (κ2) is 14.8. The molecule has 1 heterocycles. The molecule has 3 aromatic rings. The van der Waals surface area contributed by atoms with E-state index < -0.39 is 0 Å². The Morgan fingerprint density at radius 3 is 2.41 bits per heavy atom. The molecule has 0 saturated heterocycles. The van der Waals surface area contributed by atoms with Gasteiger partial charge >= 0.3 is 0 Å². The van der Waals surface area contributed by atoms with Crippen molar-refractivity contribution < 1.29 is 4.79 Å². The fraction of sp³-hybridized carbons (Fsp3) is 0.517. The molecule has 0 spiro atoms. The van der Waals surface area contributed by atoms with Gasteiger partial charge in [0.2, 0.25) is 0 Å². The lowest BCUT2D eigenvalue weighted by molar-refractivity contribution is 0.0953. The Kier molecular flexibility index (Phi) is 11.5. The predicted octanol–water partition coefficient (Wildman–Crippen LogP) is 7.97. The first kappa shape index (κ1) is 26.3. The lowest BCUT2D eigenvalue weighted by Gasteiger charge is -2.10. The van der Waals surface area contributed by atoms with Crippen molar-refractivity contribution in [1.82, 2.24) is 14.9 Å². The van der Waals surface area contributed by atoms with Crippen LogP contribution >= 0.6 is 11.6 Å². The summed E-state index contributed by atoms with van der Waals surface area (Å²) in [5.74, 6) is 1.14. The average molecular weight is 482 g/mol. The Balaban J connectivity index is 1.40. The van der Waals surface area contributed by atoms with Crippen LogP contribution in [0, 0.1) is 0 Å². The molecule has 0 aliphatic rings. The highest BCUT2D eigenvalue weighted by molar-refractivity contribution is 6.30. The summed E-state index contributed by atoms with van der Waals surface area (Å²) in [6.45, 7) is 4.01. The van der Waals surface area contributed by atoms with Gasteiger partial charge in [-0.2, -0.15) is 0 Å². The number of carbonyl (C=O) groups is 1. The molecule has 0 aliphatic carbocycles. The van der Waals surface area contributed by atoms with Crippen LogP contribution in [0.1, 0.15) is 93.7 Å². The minimum atomic E-state index is -0.0605. The van der Waals surface area contributed by atoms with Gasteiger partial charge in [-0.15, -0.1) is 0 Å². The van der Waals surface area contributed by atoms with Gasteiger partial charge < -0.3 is 9.88 Å². The van der Waals surface area contributed by atoms with E-state index in [4.69, 9.17) is 16.6 Å². The molecule has 0 unspecified atom stereocenters. The summed E-state index contributed by atoms with van der Waals surface area (Å²) in [5.41, 5.74) is 2.97. The minimum absolute atomic E-state index is 0.0605. The smallest absolute Gasteiger partial charge is 0.251 e. The van der Waals surface area contributed by atoms with Crippen LogP contribution in [0.15, 0.2) is 48.5 Å². The van der Waals surface area contributed by atoms with E-state index in [0.29, 0.717) is 17.1 Å². The number of aryl methyl sites for hydroxylation is 2. The molecule has 0 aliphatic heterocycles. The molecule has 2 aromatic carbocycles. The Labute approximate surface area is 210 Å². The molecular formula is C29H40ClN3O. The number of nitrogens with one attached hydrogen (secondary N) is 1. The predicted molar refractivity (Wildman–Crippen MR) is 144 cm³/mol. The first-order chi connectivity index (χ1) is 16.7. The molecule has 1 N–H and O–H groups in total. The van der Waals surface area contributed by atoms with Gasteiger partial charge in [-0.05, 0) is 49.6 Å². The topological polar surface area (TPSA) is 46.9 Å². The van der Waals surface area contributed by atoms with E-state index in [2.05, 4.69) is 41.1 Å². The number of halogens is 1. The minimum Gasteiger partial charge on any atom is -0.352 e. The van der Waals surface area contributed by atoms with Crippen LogP contribution in [-0.4, -0.2) is 22.0 Å². The first-order valence-electron chi connectivity index (χ1n) is 13.2. The summed E-state index contributed by atoms with van der Waals surface area (Å²) in [6.07, 6.45) is 14.8. The van der Waals surface area contributed by atoms with Crippen molar-refractivity contribution in [3.8, 4) is 0 Å². The fourth-order valence-electron chi connectivity index (χ4n) is 4.49. The lowest BCUT2D eigenvalue weighted by atomic mass is 10.1. The number of rotatable bonds is 16. The first-order valence-corrected chi connectivity index (χ1v) is 13.5. The van der Waals surface area contributed by atoms with Crippen LogP contribution in [0.5, 0.6) is 0 Å². The third-order valence-corrected chi connectivity index (χ3v) is 6.65. The molecule has 3 rings (SSSR count). The van der Waals surface area contributed by atoms with Crippen LogP contribution in [0.2, 0.25) is 5.02 Å². The monoisotopic (exact) mass is 481 g/mol. The second-order valence-corrected chi connectivity index (χ2v) is 9.66. The molecule has 184 valence electrons. The van der Waals surface area contributed by atoms with E-state index in [0.717, 1.165) is 37.7 Å². The van der Waals surface area contributed by atoms with Crippen LogP contribution < -0.4 is 5.32 Å². The molecule has 0 bridgehead atoms. The molecule has 1 amide bonds. The highest BCUT2D eigenvalue weighted by atomic mass is 35.5. The number of hydrogen-bond acceptors (Lipinski definition) is 2. The third-order valence-electron chi connectivity index (χ3n) is 6.42.